The smallest absolute Gasteiger partial charge is 0.233 e. The Labute approximate surface area is 214 Å². The number of imidazole rings is 1. The minimum Gasteiger partial charge on any atom is -0.324 e. The molecule has 0 saturated carbocycles. The van der Waals surface area contributed by atoms with E-state index >= 15 is 0 Å². The van der Waals surface area contributed by atoms with Crippen LogP contribution in [0.3, 0.4) is 0 Å². The van der Waals surface area contributed by atoms with E-state index in [1.165, 1.54) is 0 Å². The number of rotatable bonds is 3. The topological polar surface area (TPSA) is 81.6 Å². The highest BCUT2D eigenvalue weighted by atomic mass is 16.2. The minimum atomic E-state index is -0.870. The third-order valence-electron chi connectivity index (χ3n) is 8.33. The lowest BCUT2D eigenvalue weighted by Crippen LogP contribution is -2.53. The second-order valence-electron chi connectivity index (χ2n) is 10.3. The second-order valence-corrected chi connectivity index (χ2v) is 10.3. The average molecular weight is 481 g/mol. The van der Waals surface area contributed by atoms with Gasteiger partial charge in [-0.3, -0.25) is 10.1 Å². The zero-order chi connectivity index (χ0) is 25.2. The van der Waals surface area contributed by atoms with E-state index in [9.17, 15) is 10.1 Å². The van der Waals surface area contributed by atoms with Crippen LogP contribution < -0.4 is 5.32 Å². The number of H-pyrrole nitrogens is 1. The quantitative estimate of drug-likeness (QED) is 0.308. The molecule has 178 valence electrons. The van der Waals surface area contributed by atoms with Crippen LogP contribution in [0.15, 0.2) is 97.2 Å². The van der Waals surface area contributed by atoms with E-state index in [0.29, 0.717) is 12.4 Å². The molecular formula is C32H24N4O. The summed E-state index contributed by atoms with van der Waals surface area (Å²) in [5, 5.41) is 15.9. The van der Waals surface area contributed by atoms with Crippen LogP contribution in [0, 0.1) is 16.7 Å². The van der Waals surface area contributed by atoms with Crippen molar-refractivity contribution in [1.82, 2.24) is 9.97 Å². The first-order valence-electron chi connectivity index (χ1n) is 12.5. The minimum absolute atomic E-state index is 0.139. The van der Waals surface area contributed by atoms with Crippen LogP contribution in [0.1, 0.15) is 41.5 Å². The van der Waals surface area contributed by atoms with Crippen molar-refractivity contribution < 1.29 is 4.79 Å². The van der Waals surface area contributed by atoms with Crippen LogP contribution in [0.5, 0.6) is 0 Å². The fourth-order valence-electron chi connectivity index (χ4n) is 6.72. The first-order chi connectivity index (χ1) is 18.0. The number of amides is 1. The van der Waals surface area contributed by atoms with Gasteiger partial charge in [-0.2, -0.15) is 5.26 Å². The van der Waals surface area contributed by atoms with E-state index in [4.69, 9.17) is 0 Å². The number of aromatic nitrogens is 2. The third-order valence-corrected chi connectivity index (χ3v) is 8.33. The number of carbonyl (C=O) groups excluding carboxylic acids is 1. The molecule has 5 nitrogen and oxygen atoms in total. The van der Waals surface area contributed by atoms with Crippen LogP contribution >= 0.6 is 0 Å². The van der Waals surface area contributed by atoms with Crippen molar-refractivity contribution >= 4 is 22.6 Å². The van der Waals surface area contributed by atoms with E-state index in [1.54, 1.807) is 6.20 Å². The monoisotopic (exact) mass is 480 g/mol. The van der Waals surface area contributed by atoms with Gasteiger partial charge in [0.25, 0.3) is 0 Å². The average Bonchev–Trinajstić information content (AvgIpc) is 3.41. The summed E-state index contributed by atoms with van der Waals surface area (Å²) in [6, 6.07) is 33.2. The Balaban J connectivity index is 1.28. The number of anilines is 1. The summed E-state index contributed by atoms with van der Waals surface area (Å²) in [5.41, 5.74) is 4.32. The Hall–Kier alpha value is -4.69. The van der Waals surface area contributed by atoms with E-state index in [0.717, 1.165) is 44.3 Å². The molecule has 1 unspecified atom stereocenters. The number of nitrogens with zero attached hydrogens (tertiary/aromatic N) is 2. The normalized spacial score (nSPS) is 23.2. The predicted molar refractivity (Wildman–Crippen MR) is 144 cm³/mol. The van der Waals surface area contributed by atoms with Crippen molar-refractivity contribution in [2.24, 2.45) is 5.41 Å². The highest BCUT2D eigenvalue weighted by molar-refractivity contribution is 5.98. The predicted octanol–water partition coefficient (Wildman–Crippen LogP) is 6.53. The number of nitriles is 1. The molecule has 1 heterocycles. The molecule has 1 aromatic heterocycles. The largest absolute Gasteiger partial charge is 0.324 e. The summed E-state index contributed by atoms with van der Waals surface area (Å²) in [7, 11) is 0. The van der Waals surface area contributed by atoms with Gasteiger partial charge in [0.05, 0.1) is 23.4 Å². The number of aromatic amines is 1. The van der Waals surface area contributed by atoms with E-state index in [1.807, 2.05) is 67.6 Å². The second kappa shape index (κ2) is 7.65. The Bertz CT molecular complexity index is 1710. The van der Waals surface area contributed by atoms with Crippen LogP contribution in [0.4, 0.5) is 5.95 Å². The molecule has 2 bridgehead atoms. The fraction of sp³-hybridized carbons (Fsp3) is 0.156. The lowest BCUT2D eigenvalue weighted by molar-refractivity contribution is -0.127. The summed E-state index contributed by atoms with van der Waals surface area (Å²) in [5.74, 6) is 0.116. The molecule has 0 radical (unpaired) electrons. The number of hydrogen-bond donors (Lipinski definition) is 2. The lowest BCUT2D eigenvalue weighted by atomic mass is 9.47. The van der Waals surface area contributed by atoms with Crippen LogP contribution in [-0.2, 0) is 10.2 Å². The van der Waals surface area contributed by atoms with Gasteiger partial charge in [-0.05, 0) is 46.4 Å². The molecule has 3 aliphatic rings. The number of hydrogen-bond acceptors (Lipinski definition) is 3. The van der Waals surface area contributed by atoms with Crippen molar-refractivity contribution in [3.63, 3.8) is 0 Å². The SMILES string of the molecule is CC1(C(=O)Nc2ncc(-c3cccc4ccccc34)[nH]2)CC2(C#N)c3ccccc3C1c1ccccc12. The third kappa shape index (κ3) is 2.90. The highest BCUT2D eigenvalue weighted by Gasteiger charge is 2.61. The maximum atomic E-state index is 14.0. The van der Waals surface area contributed by atoms with Gasteiger partial charge in [-0.25, -0.2) is 4.98 Å². The maximum Gasteiger partial charge on any atom is 0.233 e. The molecule has 8 rings (SSSR count). The number of nitrogens with one attached hydrogen (secondary N) is 2. The van der Waals surface area contributed by atoms with Gasteiger partial charge in [0.15, 0.2) is 0 Å². The first-order valence-corrected chi connectivity index (χ1v) is 12.5. The van der Waals surface area contributed by atoms with Crippen LogP contribution in [-0.4, -0.2) is 15.9 Å². The molecular weight excluding hydrogens is 456 g/mol. The highest BCUT2D eigenvalue weighted by Crippen LogP contribution is 2.63. The van der Waals surface area contributed by atoms with Gasteiger partial charge in [0.1, 0.15) is 5.41 Å². The zero-order valence-corrected chi connectivity index (χ0v) is 20.3. The van der Waals surface area contributed by atoms with Crippen LogP contribution in [0.25, 0.3) is 22.0 Å². The Morgan fingerprint density at radius 3 is 2.32 bits per heavy atom. The van der Waals surface area contributed by atoms with Gasteiger partial charge in [0.2, 0.25) is 11.9 Å². The Morgan fingerprint density at radius 2 is 1.59 bits per heavy atom. The van der Waals surface area contributed by atoms with Gasteiger partial charge in [-0.15, -0.1) is 0 Å². The molecule has 3 aliphatic carbocycles. The standard InChI is InChI=1S/C32H24N4O/c1-31(18-32(19-33)25-15-6-4-12-23(25)28(31)24-13-5-7-16-26(24)32)29(37)36-30-34-17-27(35-30)22-14-8-10-20-9-2-3-11-21(20)22/h2-17,28H,18H2,1H3,(H2,34,35,36,37). The van der Waals surface area contributed by atoms with Gasteiger partial charge < -0.3 is 4.98 Å². The summed E-state index contributed by atoms with van der Waals surface area (Å²) in [6.07, 6.45) is 2.17. The van der Waals surface area contributed by atoms with Crippen molar-refractivity contribution in [3.05, 3.63) is 119 Å². The fourth-order valence-corrected chi connectivity index (χ4v) is 6.72. The van der Waals surface area contributed by atoms with E-state index in [2.05, 4.69) is 51.7 Å². The number of fused-ring (bicyclic) bond motifs is 2. The van der Waals surface area contributed by atoms with E-state index < -0.39 is 10.8 Å². The molecule has 5 heteroatoms. The van der Waals surface area contributed by atoms with Gasteiger partial charge >= 0.3 is 0 Å². The Morgan fingerprint density at radius 1 is 0.946 bits per heavy atom. The van der Waals surface area contributed by atoms with Crippen molar-refractivity contribution in [2.45, 2.75) is 24.7 Å². The molecule has 4 aromatic carbocycles. The summed E-state index contributed by atoms with van der Waals surface area (Å²) >= 11 is 0. The Kier molecular flexibility index (Phi) is 4.46. The first kappa shape index (κ1) is 21.6. The molecule has 1 amide bonds. The van der Waals surface area contributed by atoms with Crippen LogP contribution in [0.2, 0.25) is 0 Å². The van der Waals surface area contributed by atoms with Gasteiger partial charge in [0, 0.05) is 11.5 Å². The van der Waals surface area contributed by atoms with Crippen molar-refractivity contribution in [2.75, 3.05) is 5.32 Å². The summed E-state index contributed by atoms with van der Waals surface area (Å²) in [4.78, 5) is 21.8. The number of carbonyl (C=O) groups is 1. The number of benzene rings is 4. The van der Waals surface area contributed by atoms with Gasteiger partial charge in [-0.1, -0.05) is 91.0 Å². The molecule has 5 aromatic rings. The molecule has 0 spiro atoms. The molecule has 0 aliphatic heterocycles. The summed E-state index contributed by atoms with van der Waals surface area (Å²) in [6.45, 7) is 1.99. The maximum absolute atomic E-state index is 14.0. The molecule has 37 heavy (non-hydrogen) atoms. The molecule has 0 saturated heterocycles. The van der Waals surface area contributed by atoms with Crippen molar-refractivity contribution in [1.29, 1.82) is 5.26 Å². The summed E-state index contributed by atoms with van der Waals surface area (Å²) < 4.78 is 0. The van der Waals surface area contributed by atoms with Crippen molar-refractivity contribution in [3.8, 4) is 17.3 Å². The molecule has 2 N–H and O–H groups in total. The molecule has 0 fully saturated rings. The van der Waals surface area contributed by atoms with E-state index in [-0.39, 0.29) is 11.8 Å². The zero-order valence-electron chi connectivity index (χ0n) is 20.3. The molecule has 1 atom stereocenters. The lowest BCUT2D eigenvalue weighted by Gasteiger charge is -2.54.